The number of hydrogen-bond acceptors (Lipinski definition) is 3. The van der Waals surface area contributed by atoms with Crippen molar-refractivity contribution < 1.29 is 5.11 Å². The van der Waals surface area contributed by atoms with Gasteiger partial charge in [0.05, 0.1) is 10.9 Å². The fourth-order valence-electron chi connectivity index (χ4n) is 2.95. The first kappa shape index (κ1) is 18.1. The molecule has 4 atom stereocenters. The van der Waals surface area contributed by atoms with E-state index in [1.54, 1.807) is 0 Å². The Hall–Kier alpha value is -0.210. The number of hydrogen-bond donors (Lipinski definition) is 1. The van der Waals surface area contributed by atoms with Crippen molar-refractivity contribution in [2.24, 2.45) is 5.92 Å². The molecule has 22 heavy (non-hydrogen) atoms. The minimum atomic E-state index is -0.722. The van der Waals surface area contributed by atoms with Crippen LogP contribution in [0.2, 0.25) is 0 Å². The smallest absolute Gasteiger partial charge is 0.283 e. The lowest BCUT2D eigenvalue weighted by molar-refractivity contribution is 0.0198. The monoisotopic (exact) mass is 353 g/mol. The SMILES string of the molecule is C=C(C)[C@H]1CC[C@@](C)(O)[C@H](S[P+](=S)c2cc(C)ccc2C)C1. The molecule has 0 bridgehead atoms. The summed E-state index contributed by atoms with van der Waals surface area (Å²) >= 11 is 7.65. The van der Waals surface area contributed by atoms with Crippen molar-refractivity contribution in [3.63, 3.8) is 0 Å². The molecule has 1 aliphatic carbocycles. The van der Waals surface area contributed by atoms with Crippen LogP contribution in [0.4, 0.5) is 0 Å². The molecule has 0 heterocycles. The van der Waals surface area contributed by atoms with Gasteiger partial charge in [0.2, 0.25) is 0 Å². The van der Waals surface area contributed by atoms with Crippen LogP contribution in [0.25, 0.3) is 0 Å². The quantitative estimate of drug-likeness (QED) is 0.606. The van der Waals surface area contributed by atoms with E-state index >= 15 is 0 Å². The van der Waals surface area contributed by atoms with Crippen molar-refractivity contribution in [3.8, 4) is 0 Å². The highest BCUT2D eigenvalue weighted by Crippen LogP contribution is 2.51. The first-order valence-electron chi connectivity index (χ1n) is 7.80. The second-order valence-electron chi connectivity index (χ2n) is 6.82. The predicted octanol–water partition coefficient (Wildman–Crippen LogP) is 5.02. The minimum Gasteiger partial charge on any atom is -0.389 e. The first-order valence-corrected chi connectivity index (χ1v) is 11.6. The van der Waals surface area contributed by atoms with Crippen LogP contribution in [0, 0.1) is 19.8 Å². The van der Waals surface area contributed by atoms with Gasteiger partial charge in [0.25, 0.3) is 5.90 Å². The van der Waals surface area contributed by atoms with Crippen molar-refractivity contribution >= 4 is 34.4 Å². The Labute approximate surface area is 144 Å². The number of benzene rings is 1. The van der Waals surface area contributed by atoms with Gasteiger partial charge < -0.3 is 5.11 Å². The van der Waals surface area contributed by atoms with Crippen LogP contribution in [-0.4, -0.2) is 16.0 Å². The Balaban J connectivity index is 2.17. The standard InChI is InChI=1S/C18H26OPS2/c1-12(2)15-8-9-18(5,19)17(11-15)22-20(21)16-10-13(3)6-7-14(16)4/h6-7,10,15,17,19H,1,8-9,11H2,2-5H3/q+1/t15-,17+,18+/m0/s1. The molecule has 0 aromatic heterocycles. The molecule has 1 aromatic rings. The fraction of sp³-hybridized carbons (Fsp3) is 0.556. The predicted molar refractivity (Wildman–Crippen MR) is 104 cm³/mol. The average Bonchev–Trinajstić information content (AvgIpc) is 2.43. The number of rotatable bonds is 4. The highest BCUT2D eigenvalue weighted by molar-refractivity contribution is 8.66. The summed E-state index contributed by atoms with van der Waals surface area (Å²) in [6.07, 6.45) is 2.87. The van der Waals surface area contributed by atoms with Gasteiger partial charge in [-0.25, -0.2) is 0 Å². The molecule has 1 N–H and O–H groups in total. The van der Waals surface area contributed by atoms with Crippen LogP contribution >= 0.6 is 17.3 Å². The minimum absolute atomic E-state index is 0.200. The van der Waals surface area contributed by atoms with Gasteiger partial charge in [0.1, 0.15) is 11.4 Å². The van der Waals surface area contributed by atoms with E-state index in [-0.39, 0.29) is 5.25 Å². The van der Waals surface area contributed by atoms with Gasteiger partial charge in [0, 0.05) is 5.56 Å². The van der Waals surface area contributed by atoms with Gasteiger partial charge in [-0.2, -0.15) is 0 Å². The first-order chi connectivity index (χ1) is 10.2. The summed E-state index contributed by atoms with van der Waals surface area (Å²) in [4.78, 5) is 0. The van der Waals surface area contributed by atoms with Gasteiger partial charge in [0.15, 0.2) is 17.1 Å². The van der Waals surface area contributed by atoms with Crippen LogP contribution in [0.3, 0.4) is 0 Å². The molecule has 1 unspecified atom stereocenters. The maximum absolute atomic E-state index is 10.8. The molecule has 0 amide bonds. The van der Waals surface area contributed by atoms with Crippen molar-refractivity contribution in [2.75, 3.05) is 0 Å². The Kier molecular flexibility index (Phi) is 5.88. The van der Waals surface area contributed by atoms with E-state index in [4.69, 9.17) is 11.8 Å². The third-order valence-electron chi connectivity index (χ3n) is 4.67. The molecule has 1 fully saturated rings. The van der Waals surface area contributed by atoms with Crippen LogP contribution in [0.15, 0.2) is 30.4 Å². The number of allylic oxidation sites excluding steroid dienone is 1. The molecule has 0 spiro atoms. The molecule has 120 valence electrons. The topological polar surface area (TPSA) is 20.2 Å². The van der Waals surface area contributed by atoms with Crippen molar-refractivity contribution in [3.05, 3.63) is 41.5 Å². The second-order valence-corrected chi connectivity index (χ2v) is 12.1. The molecule has 2 rings (SSSR count). The molecule has 4 heteroatoms. The number of aryl methyl sites for hydroxylation is 2. The lowest BCUT2D eigenvalue weighted by atomic mass is 9.77. The van der Waals surface area contributed by atoms with Crippen LogP contribution in [-0.2, 0) is 11.8 Å². The molecular weight excluding hydrogens is 327 g/mol. The van der Waals surface area contributed by atoms with E-state index in [1.807, 2.05) is 18.3 Å². The molecule has 1 aliphatic rings. The summed E-state index contributed by atoms with van der Waals surface area (Å²) < 4.78 is 0. The van der Waals surface area contributed by atoms with E-state index in [0.717, 1.165) is 19.3 Å². The van der Waals surface area contributed by atoms with E-state index < -0.39 is 11.5 Å². The molecule has 0 saturated heterocycles. The lowest BCUT2D eigenvalue weighted by Gasteiger charge is -2.38. The summed E-state index contributed by atoms with van der Waals surface area (Å²) in [5.74, 6) is -0.199. The maximum atomic E-state index is 10.8. The van der Waals surface area contributed by atoms with E-state index in [1.165, 1.54) is 22.0 Å². The summed E-state index contributed by atoms with van der Waals surface area (Å²) in [5.41, 5.74) is 3.15. The summed E-state index contributed by atoms with van der Waals surface area (Å²) in [6.45, 7) is 12.4. The number of aliphatic hydroxyl groups is 1. The summed E-state index contributed by atoms with van der Waals surface area (Å²) in [6, 6.07) is 6.51. The molecule has 1 aromatic carbocycles. The molecule has 1 nitrogen and oxygen atoms in total. The van der Waals surface area contributed by atoms with Crippen LogP contribution in [0.5, 0.6) is 0 Å². The zero-order valence-corrected chi connectivity index (χ0v) is 16.5. The third kappa shape index (κ3) is 4.20. The molecule has 0 aliphatic heterocycles. The van der Waals surface area contributed by atoms with Gasteiger partial charge in [-0.3, -0.25) is 0 Å². The summed E-state index contributed by atoms with van der Waals surface area (Å²) in [7, 11) is 0. The Morgan fingerprint density at radius 3 is 2.77 bits per heavy atom. The zero-order chi connectivity index (χ0) is 16.5. The molecule has 0 radical (unpaired) electrons. The Morgan fingerprint density at radius 1 is 1.45 bits per heavy atom. The fourth-order valence-corrected chi connectivity index (χ4v) is 8.72. The van der Waals surface area contributed by atoms with Crippen molar-refractivity contribution in [2.45, 2.75) is 57.8 Å². The largest absolute Gasteiger partial charge is 0.389 e. The lowest BCUT2D eigenvalue weighted by Crippen LogP contribution is -2.42. The Morgan fingerprint density at radius 2 is 2.14 bits per heavy atom. The second kappa shape index (κ2) is 7.13. The van der Waals surface area contributed by atoms with E-state index in [2.05, 4.69) is 45.5 Å². The van der Waals surface area contributed by atoms with Crippen LogP contribution < -0.4 is 5.30 Å². The molecule has 1 saturated carbocycles. The van der Waals surface area contributed by atoms with E-state index in [9.17, 15) is 5.11 Å². The van der Waals surface area contributed by atoms with E-state index in [0.29, 0.717) is 5.92 Å². The van der Waals surface area contributed by atoms with Gasteiger partial charge in [-0.15, -0.1) is 0 Å². The Bertz CT molecular complexity index is 595. The highest BCUT2D eigenvalue weighted by Gasteiger charge is 2.43. The highest BCUT2D eigenvalue weighted by atomic mass is 32.9. The van der Waals surface area contributed by atoms with Gasteiger partial charge in [-0.05, 0) is 64.5 Å². The van der Waals surface area contributed by atoms with Gasteiger partial charge >= 0.3 is 0 Å². The van der Waals surface area contributed by atoms with Crippen LogP contribution in [0.1, 0.15) is 44.2 Å². The molecular formula is C18H26OPS2+. The van der Waals surface area contributed by atoms with Crippen molar-refractivity contribution in [1.29, 1.82) is 0 Å². The third-order valence-corrected chi connectivity index (χ3v) is 9.99. The van der Waals surface area contributed by atoms with Crippen molar-refractivity contribution in [1.82, 2.24) is 0 Å². The normalized spacial score (nSPS) is 29.2. The maximum Gasteiger partial charge on any atom is 0.283 e. The summed E-state index contributed by atoms with van der Waals surface area (Å²) in [5, 5.41) is 12.2. The van der Waals surface area contributed by atoms with Gasteiger partial charge in [-0.1, -0.05) is 24.3 Å². The zero-order valence-electron chi connectivity index (χ0n) is 13.9. The average molecular weight is 354 g/mol.